The van der Waals surface area contributed by atoms with Crippen LogP contribution in [0.1, 0.15) is 38.8 Å². The van der Waals surface area contributed by atoms with Gasteiger partial charge in [0.25, 0.3) is 23.7 Å². The number of methoxy groups -OCH3 is 2. The fourth-order valence-corrected chi connectivity index (χ4v) is 5.58. The van der Waals surface area contributed by atoms with E-state index in [2.05, 4.69) is 10.6 Å². The third-order valence-corrected chi connectivity index (χ3v) is 8.33. The number of carboxylic acids is 1. The maximum absolute atomic E-state index is 13.7. The maximum atomic E-state index is 13.7. The smallest absolute Gasteiger partial charge is 0.300 e. The standard InChI is InChI=1S/C30H32N4O9S.C2H4O2/c1-17-4-7-20(44(31,38)39)12-21(17)30(37)34-14-22-27(15-34)43-24-8-5-18(10-25(24)41-3)13-32-28(35)16-42-26-11-19(29(36)33-22)6-9-23(26)40-2;1-2(3)4/h4-12,22,27H,13-16H2,1-3H3,(H,32,35)(H,33,36)(H2,31,38,39);1H3,(H,3,4)/t22-,27-;/m0./s1. The first-order chi connectivity index (χ1) is 22.7. The number of carbonyl (C=O) groups excluding carboxylic acids is 3. The summed E-state index contributed by atoms with van der Waals surface area (Å²) in [6, 6.07) is 13.2. The van der Waals surface area contributed by atoms with Gasteiger partial charge in [0.15, 0.2) is 29.6 Å². The largest absolute Gasteiger partial charge is 0.493 e. The van der Waals surface area contributed by atoms with Crippen molar-refractivity contribution in [3.8, 4) is 23.0 Å². The van der Waals surface area contributed by atoms with Crippen molar-refractivity contribution >= 4 is 33.7 Å². The first kappa shape index (κ1) is 35.5. The normalized spacial score (nSPS) is 17.6. The monoisotopic (exact) mass is 684 g/mol. The van der Waals surface area contributed by atoms with Gasteiger partial charge in [-0.05, 0) is 60.5 Å². The lowest BCUT2D eigenvalue weighted by Crippen LogP contribution is -2.45. The molecule has 0 spiro atoms. The van der Waals surface area contributed by atoms with Crippen molar-refractivity contribution in [1.29, 1.82) is 0 Å². The van der Waals surface area contributed by atoms with Crippen LogP contribution < -0.4 is 34.7 Å². The number of amides is 3. The van der Waals surface area contributed by atoms with Crippen LogP contribution in [-0.4, -0.2) is 88.2 Å². The molecule has 3 aromatic rings. The highest BCUT2D eigenvalue weighted by molar-refractivity contribution is 7.89. The molecular formula is C32H36N4O11S. The predicted molar refractivity (Wildman–Crippen MR) is 171 cm³/mol. The van der Waals surface area contributed by atoms with Crippen LogP contribution in [0.15, 0.2) is 59.5 Å². The predicted octanol–water partition coefficient (Wildman–Crippen LogP) is 1.46. The lowest BCUT2D eigenvalue weighted by Gasteiger charge is -2.22. The zero-order chi connectivity index (χ0) is 35.2. The molecule has 3 heterocycles. The molecular weight excluding hydrogens is 648 g/mol. The van der Waals surface area contributed by atoms with E-state index in [1.54, 1.807) is 37.3 Å². The minimum absolute atomic E-state index is 0.0621. The Morgan fingerprint density at radius 2 is 1.69 bits per heavy atom. The number of fused-ring (bicyclic) bond motifs is 7. The quantitative estimate of drug-likeness (QED) is 0.309. The van der Waals surface area contributed by atoms with Gasteiger partial charge in [-0.1, -0.05) is 12.1 Å². The number of hydrogen-bond acceptors (Lipinski definition) is 10. The van der Waals surface area contributed by atoms with Crippen LogP contribution in [-0.2, 0) is 26.2 Å². The summed E-state index contributed by atoms with van der Waals surface area (Å²) in [6.07, 6.45) is -0.714. The van der Waals surface area contributed by atoms with Gasteiger partial charge in [-0.3, -0.25) is 19.2 Å². The van der Waals surface area contributed by atoms with Gasteiger partial charge >= 0.3 is 0 Å². The second kappa shape index (κ2) is 15.0. The number of carboxylic acid groups (broad SMARTS) is 1. The highest BCUT2D eigenvalue weighted by Crippen LogP contribution is 2.32. The van der Waals surface area contributed by atoms with Crippen molar-refractivity contribution in [2.24, 2.45) is 5.14 Å². The molecule has 4 bridgehead atoms. The number of ether oxygens (including phenoxy) is 4. The second-order valence-corrected chi connectivity index (χ2v) is 12.5. The molecule has 0 saturated carbocycles. The highest BCUT2D eigenvalue weighted by Gasteiger charge is 2.39. The molecule has 3 aliphatic rings. The molecule has 2 atom stereocenters. The summed E-state index contributed by atoms with van der Waals surface area (Å²) >= 11 is 0. The number of likely N-dealkylation sites (tertiary alicyclic amines) is 1. The number of benzene rings is 3. The summed E-state index contributed by atoms with van der Waals surface area (Å²) in [6.45, 7) is 2.79. The van der Waals surface area contributed by atoms with Crippen molar-refractivity contribution in [2.75, 3.05) is 33.9 Å². The molecule has 0 aliphatic carbocycles. The number of sulfonamides is 1. The van der Waals surface area contributed by atoms with Crippen LogP contribution >= 0.6 is 0 Å². The Labute approximate surface area is 277 Å². The molecule has 15 nitrogen and oxygen atoms in total. The van der Waals surface area contributed by atoms with Crippen molar-refractivity contribution in [3.05, 3.63) is 76.9 Å². The van der Waals surface area contributed by atoms with Crippen LogP contribution in [0.4, 0.5) is 0 Å². The van der Waals surface area contributed by atoms with E-state index in [1.165, 1.54) is 43.4 Å². The molecule has 3 aliphatic heterocycles. The number of rotatable bonds is 4. The maximum Gasteiger partial charge on any atom is 0.300 e. The Hall–Kier alpha value is -5.35. The number of carbonyl (C=O) groups is 4. The van der Waals surface area contributed by atoms with E-state index < -0.39 is 40.0 Å². The zero-order valence-electron chi connectivity index (χ0n) is 26.6. The lowest BCUT2D eigenvalue weighted by molar-refractivity contribution is -0.134. The van der Waals surface area contributed by atoms with Gasteiger partial charge in [-0.25, -0.2) is 13.6 Å². The summed E-state index contributed by atoms with van der Waals surface area (Å²) in [5, 5.41) is 18.5. The Balaban J connectivity index is 0.00000123. The molecule has 48 heavy (non-hydrogen) atoms. The summed E-state index contributed by atoms with van der Waals surface area (Å²) in [4.78, 5) is 50.0. The molecule has 16 heteroatoms. The van der Waals surface area contributed by atoms with Gasteiger partial charge in [0.2, 0.25) is 10.0 Å². The molecule has 0 aromatic heterocycles. The average Bonchev–Trinajstić information content (AvgIpc) is 3.43. The number of nitrogens with one attached hydrogen (secondary N) is 2. The van der Waals surface area contributed by atoms with Crippen LogP contribution in [0.3, 0.4) is 0 Å². The van der Waals surface area contributed by atoms with Crippen molar-refractivity contribution in [3.63, 3.8) is 0 Å². The first-order valence-electron chi connectivity index (χ1n) is 14.5. The second-order valence-electron chi connectivity index (χ2n) is 10.9. The summed E-state index contributed by atoms with van der Waals surface area (Å²) < 4.78 is 46.9. The average molecular weight is 685 g/mol. The first-order valence-corrected chi connectivity index (χ1v) is 16.1. The van der Waals surface area contributed by atoms with E-state index in [-0.39, 0.29) is 53.9 Å². The van der Waals surface area contributed by atoms with Gasteiger partial charge < -0.3 is 39.6 Å². The minimum Gasteiger partial charge on any atom is -0.493 e. The molecule has 0 radical (unpaired) electrons. The Morgan fingerprint density at radius 3 is 2.35 bits per heavy atom. The lowest BCUT2D eigenvalue weighted by atomic mass is 10.1. The van der Waals surface area contributed by atoms with E-state index in [0.717, 1.165) is 12.5 Å². The molecule has 0 unspecified atom stereocenters. The number of nitrogens with two attached hydrogens (primary N) is 1. The number of aryl methyl sites for hydroxylation is 1. The fraction of sp³-hybridized carbons (Fsp3) is 0.312. The summed E-state index contributed by atoms with van der Waals surface area (Å²) in [5.74, 6) is -0.843. The minimum atomic E-state index is -4.04. The molecule has 256 valence electrons. The number of nitrogens with zero attached hydrogens (tertiary/aromatic N) is 1. The molecule has 5 N–H and O–H groups in total. The Kier molecular flexibility index (Phi) is 11.1. The van der Waals surface area contributed by atoms with Gasteiger partial charge in [-0.2, -0.15) is 0 Å². The zero-order valence-corrected chi connectivity index (χ0v) is 27.5. The van der Waals surface area contributed by atoms with E-state index in [1.807, 2.05) is 0 Å². The van der Waals surface area contributed by atoms with E-state index in [4.69, 9.17) is 34.0 Å². The molecule has 3 aromatic carbocycles. The van der Waals surface area contributed by atoms with Crippen molar-refractivity contribution in [2.45, 2.75) is 37.4 Å². The van der Waals surface area contributed by atoms with E-state index in [0.29, 0.717) is 22.8 Å². The summed E-state index contributed by atoms with van der Waals surface area (Å²) in [7, 11) is -1.12. The number of hydrogen-bond donors (Lipinski definition) is 4. The SMILES string of the molecule is CC(=O)O.COc1ccc2cc1OCC(=O)NCc1ccc(c(OC)c1)O[C@H]1CN(C(=O)c3cc(S(N)(=O)=O)ccc3C)C[C@@H]1NC2=O. The molecule has 1 saturated heterocycles. The molecule has 3 amide bonds. The summed E-state index contributed by atoms with van der Waals surface area (Å²) in [5.41, 5.74) is 1.69. The van der Waals surface area contributed by atoms with Crippen LogP contribution in [0, 0.1) is 6.92 Å². The van der Waals surface area contributed by atoms with Crippen molar-refractivity contribution in [1.82, 2.24) is 15.5 Å². The third-order valence-electron chi connectivity index (χ3n) is 7.42. The number of primary sulfonamides is 1. The van der Waals surface area contributed by atoms with Crippen LogP contribution in [0.2, 0.25) is 0 Å². The third kappa shape index (κ3) is 8.71. The van der Waals surface area contributed by atoms with Gasteiger partial charge in [-0.15, -0.1) is 0 Å². The topological polar surface area (TPSA) is 213 Å². The Bertz CT molecular complexity index is 1830. The van der Waals surface area contributed by atoms with E-state index in [9.17, 15) is 22.8 Å². The fourth-order valence-electron chi connectivity index (χ4n) is 5.04. The Morgan fingerprint density at radius 1 is 0.979 bits per heavy atom. The molecule has 6 rings (SSSR count). The highest BCUT2D eigenvalue weighted by atomic mass is 32.2. The molecule has 1 fully saturated rings. The van der Waals surface area contributed by atoms with Crippen LogP contribution in [0.5, 0.6) is 23.0 Å². The van der Waals surface area contributed by atoms with Gasteiger partial charge in [0, 0.05) is 31.1 Å². The van der Waals surface area contributed by atoms with Gasteiger partial charge in [0.1, 0.15) is 6.10 Å². The van der Waals surface area contributed by atoms with Gasteiger partial charge in [0.05, 0.1) is 31.7 Å². The van der Waals surface area contributed by atoms with Crippen LogP contribution in [0.25, 0.3) is 0 Å². The number of aliphatic carboxylic acids is 1. The van der Waals surface area contributed by atoms with Crippen molar-refractivity contribution < 1.29 is 51.6 Å². The van der Waals surface area contributed by atoms with E-state index >= 15 is 0 Å².